The zero-order valence-electron chi connectivity index (χ0n) is 10.7. The van der Waals surface area contributed by atoms with Crippen LogP contribution in [-0.2, 0) is 4.74 Å². The molecule has 3 nitrogen and oxygen atoms in total. The second kappa shape index (κ2) is 5.78. The first-order valence-corrected chi connectivity index (χ1v) is 6.05. The van der Waals surface area contributed by atoms with E-state index in [0.29, 0.717) is 12.1 Å². The van der Waals surface area contributed by atoms with Crippen LogP contribution in [-0.4, -0.2) is 31.8 Å². The zero-order chi connectivity index (χ0) is 13.0. The molecule has 0 saturated heterocycles. The number of halogens is 1. The molecule has 0 atom stereocenters. The van der Waals surface area contributed by atoms with Gasteiger partial charge in [-0.2, -0.15) is 0 Å². The molecule has 2 rings (SSSR count). The van der Waals surface area contributed by atoms with Gasteiger partial charge < -0.3 is 9.64 Å². The lowest BCUT2D eigenvalue weighted by molar-refractivity contribution is 0.154. The van der Waals surface area contributed by atoms with Crippen molar-refractivity contribution in [3.05, 3.63) is 36.3 Å². The molecule has 0 bridgehead atoms. The van der Waals surface area contributed by atoms with Gasteiger partial charge in [0.05, 0.1) is 12.1 Å². The number of benzene rings is 1. The van der Waals surface area contributed by atoms with Gasteiger partial charge in [0.25, 0.3) is 0 Å². The highest BCUT2D eigenvalue weighted by atomic mass is 19.1. The maximum Gasteiger partial charge on any atom is 0.125 e. The van der Waals surface area contributed by atoms with E-state index in [0.717, 1.165) is 24.2 Å². The smallest absolute Gasteiger partial charge is 0.125 e. The van der Waals surface area contributed by atoms with Crippen LogP contribution in [0.2, 0.25) is 0 Å². The first kappa shape index (κ1) is 12.8. The molecule has 1 heterocycles. The lowest BCUT2D eigenvalue weighted by atomic mass is 10.1. The summed E-state index contributed by atoms with van der Waals surface area (Å²) >= 11 is 0. The number of hydrogen-bond acceptors (Lipinski definition) is 3. The van der Waals surface area contributed by atoms with Crippen molar-refractivity contribution in [2.45, 2.75) is 6.92 Å². The van der Waals surface area contributed by atoms with E-state index < -0.39 is 0 Å². The number of hydrogen-bond donors (Lipinski definition) is 0. The Bertz CT molecular complexity index is 530. The average molecular weight is 248 g/mol. The molecule has 0 aliphatic rings. The number of anilines is 1. The fourth-order valence-electron chi connectivity index (χ4n) is 1.91. The van der Waals surface area contributed by atoms with E-state index in [-0.39, 0.29) is 5.82 Å². The van der Waals surface area contributed by atoms with E-state index in [4.69, 9.17) is 4.74 Å². The van der Waals surface area contributed by atoms with E-state index in [1.54, 1.807) is 12.3 Å². The number of nitrogens with zero attached hydrogens (tertiary/aromatic N) is 2. The third-order valence-corrected chi connectivity index (χ3v) is 2.87. The number of aromatic nitrogens is 1. The second-order valence-corrected chi connectivity index (χ2v) is 4.11. The number of fused-ring (bicyclic) bond motifs is 1. The molecule has 0 unspecified atom stereocenters. The highest BCUT2D eigenvalue weighted by molar-refractivity contribution is 5.91. The molecule has 0 aliphatic heterocycles. The van der Waals surface area contributed by atoms with Crippen LogP contribution in [0.4, 0.5) is 10.1 Å². The lowest BCUT2D eigenvalue weighted by Crippen LogP contribution is -2.22. The topological polar surface area (TPSA) is 25.4 Å². The Morgan fingerprint density at radius 2 is 2.17 bits per heavy atom. The number of pyridine rings is 1. The van der Waals surface area contributed by atoms with Crippen LogP contribution >= 0.6 is 0 Å². The minimum Gasteiger partial charge on any atom is -0.380 e. The first-order chi connectivity index (χ1) is 8.72. The number of likely N-dealkylation sites (N-methyl/N-ethyl adjacent to an activating group) is 1. The predicted octanol–water partition coefficient (Wildman–Crippen LogP) is 2.85. The van der Waals surface area contributed by atoms with Crippen molar-refractivity contribution in [2.75, 3.05) is 31.7 Å². The van der Waals surface area contributed by atoms with E-state index >= 15 is 0 Å². The molecule has 0 saturated carbocycles. The quantitative estimate of drug-likeness (QED) is 0.761. The van der Waals surface area contributed by atoms with Crippen LogP contribution in [0, 0.1) is 5.82 Å². The highest BCUT2D eigenvalue weighted by Gasteiger charge is 2.07. The molecule has 0 radical (unpaired) electrons. The molecule has 4 heteroatoms. The lowest BCUT2D eigenvalue weighted by Gasteiger charge is -2.20. The van der Waals surface area contributed by atoms with Crippen molar-refractivity contribution < 1.29 is 9.13 Å². The van der Waals surface area contributed by atoms with Gasteiger partial charge in [0.2, 0.25) is 0 Å². The van der Waals surface area contributed by atoms with Crippen molar-refractivity contribution in [3.8, 4) is 0 Å². The van der Waals surface area contributed by atoms with Gasteiger partial charge in [-0.25, -0.2) is 4.39 Å². The Hall–Kier alpha value is -1.68. The zero-order valence-corrected chi connectivity index (χ0v) is 10.7. The largest absolute Gasteiger partial charge is 0.380 e. The van der Waals surface area contributed by atoms with Crippen LogP contribution in [0.15, 0.2) is 30.5 Å². The number of ether oxygens (including phenoxy) is 1. The SMILES string of the molecule is CCOCCN(C)c1ccnc2cc(F)ccc12. The summed E-state index contributed by atoms with van der Waals surface area (Å²) < 4.78 is 18.5. The normalized spacial score (nSPS) is 10.8. The van der Waals surface area contributed by atoms with Gasteiger partial charge in [0.1, 0.15) is 5.82 Å². The van der Waals surface area contributed by atoms with Gasteiger partial charge in [0, 0.05) is 43.5 Å². The number of rotatable bonds is 5. The van der Waals surface area contributed by atoms with Crippen LogP contribution in [0.25, 0.3) is 10.9 Å². The molecule has 2 aromatic rings. The maximum atomic E-state index is 13.1. The Morgan fingerprint density at radius 1 is 1.33 bits per heavy atom. The second-order valence-electron chi connectivity index (χ2n) is 4.11. The summed E-state index contributed by atoms with van der Waals surface area (Å²) in [6, 6.07) is 6.62. The highest BCUT2D eigenvalue weighted by Crippen LogP contribution is 2.24. The summed E-state index contributed by atoms with van der Waals surface area (Å²) in [5.74, 6) is -0.260. The van der Waals surface area contributed by atoms with Crippen molar-refractivity contribution in [2.24, 2.45) is 0 Å². The van der Waals surface area contributed by atoms with E-state index in [2.05, 4.69) is 9.88 Å². The molecule has 18 heavy (non-hydrogen) atoms. The third kappa shape index (κ3) is 2.76. The van der Waals surface area contributed by atoms with Crippen molar-refractivity contribution in [3.63, 3.8) is 0 Å². The Morgan fingerprint density at radius 3 is 2.94 bits per heavy atom. The van der Waals surface area contributed by atoms with Gasteiger partial charge in [-0.1, -0.05) is 0 Å². The van der Waals surface area contributed by atoms with Crippen molar-refractivity contribution in [1.29, 1.82) is 0 Å². The standard InChI is InChI=1S/C14H17FN2O/c1-3-18-9-8-17(2)14-6-7-16-13-10-11(15)4-5-12(13)14/h4-7,10H,3,8-9H2,1-2H3. The fourth-order valence-corrected chi connectivity index (χ4v) is 1.91. The summed E-state index contributed by atoms with van der Waals surface area (Å²) in [5, 5.41) is 0.956. The predicted molar refractivity (Wildman–Crippen MR) is 71.5 cm³/mol. The van der Waals surface area contributed by atoms with Crippen LogP contribution in [0.5, 0.6) is 0 Å². The van der Waals surface area contributed by atoms with Gasteiger partial charge in [0.15, 0.2) is 0 Å². The van der Waals surface area contributed by atoms with Crippen LogP contribution in [0.3, 0.4) is 0 Å². The Balaban J connectivity index is 2.27. The van der Waals surface area contributed by atoms with Crippen molar-refractivity contribution in [1.82, 2.24) is 4.98 Å². The Labute approximate surface area is 106 Å². The van der Waals surface area contributed by atoms with Crippen LogP contribution < -0.4 is 4.90 Å². The maximum absolute atomic E-state index is 13.1. The minimum atomic E-state index is -0.260. The molecule has 0 spiro atoms. The minimum absolute atomic E-state index is 0.260. The third-order valence-electron chi connectivity index (χ3n) is 2.87. The molecule has 1 aromatic carbocycles. The molecular weight excluding hydrogens is 231 g/mol. The van der Waals surface area contributed by atoms with Gasteiger partial charge in [-0.15, -0.1) is 0 Å². The Kier molecular flexibility index (Phi) is 4.10. The van der Waals surface area contributed by atoms with E-state index in [1.807, 2.05) is 20.0 Å². The molecule has 0 aliphatic carbocycles. The molecule has 96 valence electrons. The molecule has 1 aromatic heterocycles. The van der Waals surface area contributed by atoms with Gasteiger partial charge in [-0.05, 0) is 25.1 Å². The van der Waals surface area contributed by atoms with Gasteiger partial charge in [-0.3, -0.25) is 4.98 Å². The van der Waals surface area contributed by atoms with E-state index in [1.165, 1.54) is 12.1 Å². The first-order valence-electron chi connectivity index (χ1n) is 6.05. The van der Waals surface area contributed by atoms with Crippen LogP contribution in [0.1, 0.15) is 6.92 Å². The summed E-state index contributed by atoms with van der Waals surface area (Å²) in [6.45, 7) is 4.17. The summed E-state index contributed by atoms with van der Waals surface area (Å²) in [6.07, 6.45) is 1.70. The molecule has 0 amide bonds. The summed E-state index contributed by atoms with van der Waals surface area (Å²) in [5.41, 5.74) is 1.72. The average Bonchev–Trinajstić information content (AvgIpc) is 2.37. The monoisotopic (exact) mass is 248 g/mol. The van der Waals surface area contributed by atoms with Crippen molar-refractivity contribution >= 4 is 16.6 Å². The molecule has 0 N–H and O–H groups in total. The van der Waals surface area contributed by atoms with Gasteiger partial charge >= 0.3 is 0 Å². The molecular formula is C14H17FN2O. The summed E-state index contributed by atoms with van der Waals surface area (Å²) in [4.78, 5) is 6.28. The summed E-state index contributed by atoms with van der Waals surface area (Å²) in [7, 11) is 2.00. The van der Waals surface area contributed by atoms with E-state index in [9.17, 15) is 4.39 Å². The molecule has 0 fully saturated rings. The fraction of sp³-hybridized carbons (Fsp3) is 0.357.